The first-order chi connectivity index (χ1) is 9.12. The molecule has 19 heavy (non-hydrogen) atoms. The smallest absolute Gasteiger partial charge is 0.329 e. The Morgan fingerprint density at radius 1 is 1.37 bits per heavy atom. The molecular formula is C12H18N4O3. The molecule has 0 aliphatic heterocycles. The van der Waals surface area contributed by atoms with Crippen LogP contribution in [0.3, 0.4) is 0 Å². The first kappa shape index (κ1) is 13.4. The van der Waals surface area contributed by atoms with Gasteiger partial charge in [0.1, 0.15) is 11.4 Å². The number of carbonyl (C=O) groups excluding carboxylic acids is 1. The van der Waals surface area contributed by atoms with Crippen LogP contribution in [0, 0.1) is 0 Å². The van der Waals surface area contributed by atoms with Gasteiger partial charge in [0.15, 0.2) is 0 Å². The van der Waals surface area contributed by atoms with E-state index in [0.29, 0.717) is 18.7 Å². The summed E-state index contributed by atoms with van der Waals surface area (Å²) in [5.74, 6) is -0.330. The number of carboxylic acid groups (broad SMARTS) is 1. The molecule has 1 aromatic heterocycles. The second-order valence-corrected chi connectivity index (χ2v) is 4.79. The molecular weight excluding hydrogens is 248 g/mol. The van der Waals surface area contributed by atoms with Crippen molar-refractivity contribution in [3.05, 3.63) is 18.2 Å². The van der Waals surface area contributed by atoms with E-state index in [-0.39, 0.29) is 6.54 Å². The third kappa shape index (κ3) is 3.24. The first-order valence-corrected chi connectivity index (χ1v) is 6.40. The highest BCUT2D eigenvalue weighted by molar-refractivity contribution is 5.86. The molecule has 1 aliphatic carbocycles. The lowest BCUT2D eigenvalue weighted by Gasteiger charge is -2.33. The molecule has 7 nitrogen and oxygen atoms in total. The number of aromatic nitrogens is 2. The largest absolute Gasteiger partial charge is 0.480 e. The SMILES string of the molecule is O=C(NCc1ncc[nH]1)NC1(C(=O)O)CCCCC1. The van der Waals surface area contributed by atoms with Gasteiger partial charge in [-0.25, -0.2) is 14.6 Å². The molecule has 0 aromatic carbocycles. The Kier molecular flexibility index (Phi) is 4.03. The molecule has 1 aliphatic rings. The lowest BCUT2D eigenvalue weighted by atomic mass is 9.82. The predicted octanol–water partition coefficient (Wildman–Crippen LogP) is 0.996. The molecule has 0 saturated heterocycles. The van der Waals surface area contributed by atoms with Gasteiger partial charge in [0, 0.05) is 12.4 Å². The van der Waals surface area contributed by atoms with E-state index < -0.39 is 17.5 Å². The average molecular weight is 266 g/mol. The van der Waals surface area contributed by atoms with Gasteiger partial charge >= 0.3 is 12.0 Å². The topological polar surface area (TPSA) is 107 Å². The van der Waals surface area contributed by atoms with E-state index in [0.717, 1.165) is 19.3 Å². The van der Waals surface area contributed by atoms with E-state index in [4.69, 9.17) is 0 Å². The Labute approximate surface area is 110 Å². The third-order valence-corrected chi connectivity index (χ3v) is 3.44. The van der Waals surface area contributed by atoms with E-state index in [9.17, 15) is 14.7 Å². The molecule has 1 fully saturated rings. The van der Waals surface area contributed by atoms with Crippen LogP contribution in [-0.4, -0.2) is 32.6 Å². The maximum Gasteiger partial charge on any atom is 0.329 e. The molecule has 0 spiro atoms. The molecule has 2 rings (SSSR count). The minimum atomic E-state index is -1.12. The Morgan fingerprint density at radius 3 is 2.68 bits per heavy atom. The van der Waals surface area contributed by atoms with Crippen molar-refractivity contribution in [1.82, 2.24) is 20.6 Å². The summed E-state index contributed by atoms with van der Waals surface area (Å²) in [6.07, 6.45) is 6.89. The molecule has 0 atom stereocenters. The summed E-state index contributed by atoms with van der Waals surface area (Å²) in [7, 11) is 0. The highest BCUT2D eigenvalue weighted by Gasteiger charge is 2.40. The zero-order chi connectivity index (χ0) is 13.7. The van der Waals surface area contributed by atoms with Gasteiger partial charge in [-0.15, -0.1) is 0 Å². The number of carboxylic acids is 1. The van der Waals surface area contributed by atoms with Crippen molar-refractivity contribution in [2.75, 3.05) is 0 Å². The highest BCUT2D eigenvalue weighted by Crippen LogP contribution is 2.28. The minimum Gasteiger partial charge on any atom is -0.480 e. The normalized spacial score (nSPS) is 17.7. The second-order valence-electron chi connectivity index (χ2n) is 4.79. The van der Waals surface area contributed by atoms with Crippen molar-refractivity contribution >= 4 is 12.0 Å². The summed E-state index contributed by atoms with van der Waals surface area (Å²) in [4.78, 5) is 30.0. The van der Waals surface area contributed by atoms with Crippen LogP contribution in [0.25, 0.3) is 0 Å². The van der Waals surface area contributed by atoms with Crippen LogP contribution < -0.4 is 10.6 Å². The standard InChI is InChI=1S/C12H18N4O3/c17-10(18)12(4-2-1-3-5-12)16-11(19)15-8-9-13-6-7-14-9/h6-7H,1-5,8H2,(H,13,14)(H,17,18)(H2,15,16,19). The number of hydrogen-bond acceptors (Lipinski definition) is 3. The van der Waals surface area contributed by atoms with E-state index in [1.54, 1.807) is 12.4 Å². The average Bonchev–Trinajstić information content (AvgIpc) is 2.90. The predicted molar refractivity (Wildman–Crippen MR) is 67.4 cm³/mol. The fourth-order valence-electron chi connectivity index (χ4n) is 2.37. The van der Waals surface area contributed by atoms with Gasteiger partial charge in [0.25, 0.3) is 0 Å². The number of nitrogens with zero attached hydrogens (tertiary/aromatic N) is 1. The molecule has 0 radical (unpaired) electrons. The molecule has 1 heterocycles. The Hall–Kier alpha value is -2.05. The number of carbonyl (C=O) groups is 2. The van der Waals surface area contributed by atoms with Crippen LogP contribution in [0.1, 0.15) is 37.9 Å². The molecule has 7 heteroatoms. The minimum absolute atomic E-state index is 0.245. The van der Waals surface area contributed by atoms with Gasteiger partial charge in [-0.2, -0.15) is 0 Å². The summed E-state index contributed by atoms with van der Waals surface area (Å²) in [6.45, 7) is 0.245. The van der Waals surface area contributed by atoms with Crippen molar-refractivity contribution in [2.24, 2.45) is 0 Å². The number of nitrogens with one attached hydrogen (secondary N) is 3. The summed E-state index contributed by atoms with van der Waals surface area (Å²) >= 11 is 0. The maximum atomic E-state index is 11.8. The van der Waals surface area contributed by atoms with Gasteiger partial charge < -0.3 is 20.7 Å². The van der Waals surface area contributed by atoms with Gasteiger partial charge in [-0.3, -0.25) is 0 Å². The van der Waals surface area contributed by atoms with Crippen molar-refractivity contribution in [1.29, 1.82) is 0 Å². The number of amides is 2. The fraction of sp³-hybridized carbons (Fsp3) is 0.583. The monoisotopic (exact) mass is 266 g/mol. The first-order valence-electron chi connectivity index (χ1n) is 6.40. The molecule has 104 valence electrons. The number of rotatable bonds is 4. The molecule has 0 bridgehead atoms. The van der Waals surface area contributed by atoms with E-state index >= 15 is 0 Å². The lowest BCUT2D eigenvalue weighted by molar-refractivity contribution is -0.145. The number of H-pyrrole nitrogens is 1. The fourth-order valence-corrected chi connectivity index (χ4v) is 2.37. The van der Waals surface area contributed by atoms with Crippen molar-refractivity contribution in [2.45, 2.75) is 44.2 Å². The summed E-state index contributed by atoms with van der Waals surface area (Å²) in [5, 5.41) is 14.5. The van der Waals surface area contributed by atoms with Crippen molar-refractivity contribution < 1.29 is 14.7 Å². The molecule has 1 aromatic rings. The molecule has 4 N–H and O–H groups in total. The number of aliphatic carboxylic acids is 1. The Balaban J connectivity index is 1.90. The van der Waals surface area contributed by atoms with Crippen LogP contribution in [0.4, 0.5) is 4.79 Å². The second kappa shape index (κ2) is 5.73. The highest BCUT2D eigenvalue weighted by atomic mass is 16.4. The summed E-state index contributed by atoms with van der Waals surface area (Å²) < 4.78 is 0. The van der Waals surface area contributed by atoms with Gasteiger partial charge in [0.05, 0.1) is 6.54 Å². The zero-order valence-electron chi connectivity index (χ0n) is 10.6. The number of urea groups is 1. The zero-order valence-corrected chi connectivity index (χ0v) is 10.6. The molecule has 2 amide bonds. The van der Waals surface area contributed by atoms with Gasteiger partial charge in [-0.05, 0) is 12.8 Å². The van der Waals surface area contributed by atoms with Crippen LogP contribution in [0.5, 0.6) is 0 Å². The van der Waals surface area contributed by atoms with Crippen LogP contribution in [-0.2, 0) is 11.3 Å². The molecule has 1 saturated carbocycles. The van der Waals surface area contributed by atoms with Gasteiger partial charge in [-0.1, -0.05) is 19.3 Å². The number of hydrogen-bond donors (Lipinski definition) is 4. The summed E-state index contributed by atoms with van der Waals surface area (Å²) in [5.41, 5.74) is -1.12. The molecule has 0 unspecified atom stereocenters. The van der Waals surface area contributed by atoms with Crippen LogP contribution in [0.2, 0.25) is 0 Å². The maximum absolute atomic E-state index is 11.8. The quantitative estimate of drug-likeness (QED) is 0.652. The number of imidazole rings is 1. The van der Waals surface area contributed by atoms with E-state index in [2.05, 4.69) is 20.6 Å². The van der Waals surface area contributed by atoms with E-state index in [1.165, 1.54) is 0 Å². The van der Waals surface area contributed by atoms with Crippen molar-refractivity contribution in [3.63, 3.8) is 0 Å². The van der Waals surface area contributed by atoms with Crippen LogP contribution in [0.15, 0.2) is 12.4 Å². The Morgan fingerprint density at radius 2 is 2.11 bits per heavy atom. The van der Waals surface area contributed by atoms with Crippen molar-refractivity contribution in [3.8, 4) is 0 Å². The third-order valence-electron chi connectivity index (χ3n) is 3.44. The van der Waals surface area contributed by atoms with Crippen LogP contribution >= 0.6 is 0 Å². The Bertz CT molecular complexity index is 438. The lowest BCUT2D eigenvalue weighted by Crippen LogP contribution is -2.57. The number of aromatic amines is 1. The van der Waals surface area contributed by atoms with E-state index in [1.807, 2.05) is 0 Å². The summed E-state index contributed by atoms with van der Waals surface area (Å²) in [6, 6.07) is -0.472. The van der Waals surface area contributed by atoms with Gasteiger partial charge in [0.2, 0.25) is 0 Å².